The van der Waals surface area contributed by atoms with Crippen molar-refractivity contribution in [2.75, 3.05) is 37.7 Å². The van der Waals surface area contributed by atoms with Crippen molar-refractivity contribution in [3.05, 3.63) is 11.6 Å². The minimum absolute atomic E-state index is 0.0997. The van der Waals surface area contributed by atoms with E-state index < -0.39 is 0 Å². The maximum atomic E-state index is 12.4. The summed E-state index contributed by atoms with van der Waals surface area (Å²) in [7, 11) is 0. The Morgan fingerprint density at radius 1 is 1.57 bits per heavy atom. The van der Waals surface area contributed by atoms with Crippen LogP contribution in [0.15, 0.2) is 11.6 Å². The minimum Gasteiger partial charge on any atom is -0.376 e. The van der Waals surface area contributed by atoms with Gasteiger partial charge < -0.3 is 15.0 Å². The molecule has 0 unspecified atom stereocenters. The van der Waals surface area contributed by atoms with Gasteiger partial charge in [-0.2, -0.15) is 0 Å². The standard InChI is InChI=1S/C16H26N4O2S/c1-12-11-19(6-7-20(12)16-17-5-9-23-16)13(2)15(21)18-10-14-4-3-8-22-14/h5,9,12-14H,3-4,6-8,10-11H2,1-2H3,(H,18,21)/t12-,13+,14+/m0/s1. The minimum atomic E-state index is -0.0997. The zero-order valence-electron chi connectivity index (χ0n) is 13.9. The van der Waals surface area contributed by atoms with Gasteiger partial charge in [0.15, 0.2) is 5.13 Å². The summed E-state index contributed by atoms with van der Waals surface area (Å²) in [5.41, 5.74) is 0. The van der Waals surface area contributed by atoms with Gasteiger partial charge in [0.05, 0.1) is 12.1 Å². The molecular formula is C16H26N4O2S. The van der Waals surface area contributed by atoms with Crippen LogP contribution in [0.2, 0.25) is 0 Å². The van der Waals surface area contributed by atoms with E-state index in [1.807, 2.05) is 18.5 Å². The van der Waals surface area contributed by atoms with Crippen molar-refractivity contribution in [1.29, 1.82) is 0 Å². The van der Waals surface area contributed by atoms with Crippen molar-refractivity contribution in [2.45, 2.75) is 44.9 Å². The predicted molar refractivity (Wildman–Crippen MR) is 91.9 cm³/mol. The first kappa shape index (κ1) is 16.7. The Morgan fingerprint density at radius 3 is 3.09 bits per heavy atom. The van der Waals surface area contributed by atoms with Crippen LogP contribution in [-0.4, -0.2) is 66.8 Å². The van der Waals surface area contributed by atoms with Gasteiger partial charge >= 0.3 is 0 Å². The number of ether oxygens (including phenoxy) is 1. The molecule has 1 aromatic rings. The number of thiazole rings is 1. The molecule has 3 heterocycles. The highest BCUT2D eigenvalue weighted by Gasteiger charge is 2.30. The molecular weight excluding hydrogens is 312 g/mol. The van der Waals surface area contributed by atoms with Gasteiger partial charge in [-0.1, -0.05) is 0 Å². The molecule has 0 bridgehead atoms. The molecule has 2 aliphatic heterocycles. The molecule has 128 valence electrons. The summed E-state index contributed by atoms with van der Waals surface area (Å²) in [4.78, 5) is 21.4. The van der Waals surface area contributed by atoms with E-state index in [9.17, 15) is 4.79 Å². The topological polar surface area (TPSA) is 57.7 Å². The highest BCUT2D eigenvalue weighted by atomic mass is 32.1. The Bertz CT molecular complexity index is 504. The Hall–Kier alpha value is -1.18. The van der Waals surface area contributed by atoms with Crippen LogP contribution in [0.3, 0.4) is 0 Å². The lowest BCUT2D eigenvalue weighted by molar-refractivity contribution is -0.126. The van der Waals surface area contributed by atoms with Crippen LogP contribution < -0.4 is 10.2 Å². The van der Waals surface area contributed by atoms with Gasteiger partial charge in [-0.05, 0) is 26.7 Å². The Kier molecular flexibility index (Phi) is 5.50. The van der Waals surface area contributed by atoms with Crippen molar-refractivity contribution < 1.29 is 9.53 Å². The largest absolute Gasteiger partial charge is 0.376 e. The van der Waals surface area contributed by atoms with Gasteiger partial charge in [-0.15, -0.1) is 11.3 Å². The molecule has 0 saturated carbocycles. The molecule has 0 aliphatic carbocycles. The molecule has 23 heavy (non-hydrogen) atoms. The molecule has 3 rings (SSSR count). The third-order valence-corrected chi connectivity index (χ3v) is 5.59. The van der Waals surface area contributed by atoms with Crippen LogP contribution in [0.1, 0.15) is 26.7 Å². The van der Waals surface area contributed by atoms with Gasteiger partial charge in [-0.3, -0.25) is 9.69 Å². The number of hydrogen-bond donors (Lipinski definition) is 1. The van der Waals surface area contributed by atoms with Crippen molar-refractivity contribution in [1.82, 2.24) is 15.2 Å². The van der Waals surface area contributed by atoms with Crippen LogP contribution in [0.5, 0.6) is 0 Å². The summed E-state index contributed by atoms with van der Waals surface area (Å²) in [6.07, 6.45) is 4.21. The van der Waals surface area contributed by atoms with Gasteiger partial charge in [0.2, 0.25) is 5.91 Å². The summed E-state index contributed by atoms with van der Waals surface area (Å²) >= 11 is 1.67. The molecule has 1 N–H and O–H groups in total. The van der Waals surface area contributed by atoms with E-state index in [4.69, 9.17) is 4.74 Å². The molecule has 1 amide bonds. The Morgan fingerprint density at radius 2 is 2.43 bits per heavy atom. The molecule has 2 saturated heterocycles. The number of amides is 1. The summed E-state index contributed by atoms with van der Waals surface area (Å²) in [6.45, 7) is 8.34. The number of rotatable bonds is 5. The van der Waals surface area contributed by atoms with Crippen molar-refractivity contribution in [3.63, 3.8) is 0 Å². The van der Waals surface area contributed by atoms with E-state index in [-0.39, 0.29) is 18.1 Å². The maximum absolute atomic E-state index is 12.4. The van der Waals surface area contributed by atoms with Crippen LogP contribution in [0.25, 0.3) is 0 Å². The number of nitrogens with zero attached hydrogens (tertiary/aromatic N) is 3. The van der Waals surface area contributed by atoms with E-state index in [0.29, 0.717) is 12.6 Å². The molecule has 2 aliphatic rings. The fraction of sp³-hybridized carbons (Fsp3) is 0.750. The number of nitrogens with one attached hydrogen (secondary N) is 1. The van der Waals surface area contributed by atoms with E-state index >= 15 is 0 Å². The second-order valence-electron chi connectivity index (χ2n) is 6.41. The first-order valence-corrected chi connectivity index (χ1v) is 9.32. The molecule has 1 aromatic heterocycles. The Labute approximate surface area is 141 Å². The molecule has 0 aromatic carbocycles. The smallest absolute Gasteiger partial charge is 0.237 e. The summed E-state index contributed by atoms with van der Waals surface area (Å²) in [5, 5.41) is 6.13. The average molecular weight is 338 g/mol. The molecule has 2 fully saturated rings. The Balaban J connectivity index is 1.48. The second-order valence-corrected chi connectivity index (χ2v) is 7.28. The van der Waals surface area contributed by atoms with Crippen molar-refractivity contribution in [2.24, 2.45) is 0 Å². The molecule has 0 spiro atoms. The zero-order valence-corrected chi connectivity index (χ0v) is 14.7. The van der Waals surface area contributed by atoms with E-state index in [1.54, 1.807) is 11.3 Å². The van der Waals surface area contributed by atoms with Crippen LogP contribution >= 0.6 is 11.3 Å². The van der Waals surface area contributed by atoms with Gasteiger partial charge in [0.1, 0.15) is 0 Å². The average Bonchev–Trinajstić information content (AvgIpc) is 3.25. The van der Waals surface area contributed by atoms with E-state index in [2.05, 4.69) is 27.0 Å². The highest BCUT2D eigenvalue weighted by molar-refractivity contribution is 7.13. The normalized spacial score (nSPS) is 27.1. The second kappa shape index (κ2) is 7.59. The number of aromatic nitrogens is 1. The summed E-state index contributed by atoms with van der Waals surface area (Å²) in [5.74, 6) is 0.107. The zero-order chi connectivity index (χ0) is 16.2. The van der Waals surface area contributed by atoms with Crippen LogP contribution in [-0.2, 0) is 9.53 Å². The van der Waals surface area contributed by atoms with E-state index in [1.165, 1.54) is 0 Å². The fourth-order valence-electron chi connectivity index (χ4n) is 3.31. The summed E-state index contributed by atoms with van der Waals surface area (Å²) < 4.78 is 5.56. The molecule has 6 nitrogen and oxygen atoms in total. The fourth-order valence-corrected chi connectivity index (χ4v) is 4.08. The van der Waals surface area contributed by atoms with Crippen LogP contribution in [0.4, 0.5) is 5.13 Å². The van der Waals surface area contributed by atoms with Gasteiger partial charge in [0.25, 0.3) is 0 Å². The van der Waals surface area contributed by atoms with Crippen molar-refractivity contribution in [3.8, 4) is 0 Å². The number of carbonyl (C=O) groups excluding carboxylic acids is 1. The van der Waals surface area contributed by atoms with E-state index in [0.717, 1.165) is 44.2 Å². The molecule has 0 radical (unpaired) electrons. The quantitative estimate of drug-likeness (QED) is 0.878. The maximum Gasteiger partial charge on any atom is 0.237 e. The number of hydrogen-bond acceptors (Lipinski definition) is 6. The third kappa shape index (κ3) is 4.02. The SMILES string of the molecule is C[C@H](C(=O)NC[C@H]1CCCO1)N1CCN(c2nccs2)[C@@H](C)C1. The summed E-state index contributed by atoms with van der Waals surface area (Å²) in [6, 6.07) is 0.264. The predicted octanol–water partition coefficient (Wildman–Crippen LogP) is 1.34. The van der Waals surface area contributed by atoms with Crippen molar-refractivity contribution >= 4 is 22.4 Å². The lowest BCUT2D eigenvalue weighted by Crippen LogP contribution is -2.57. The first-order valence-electron chi connectivity index (χ1n) is 8.44. The number of carbonyl (C=O) groups is 1. The number of anilines is 1. The number of piperazine rings is 1. The monoisotopic (exact) mass is 338 g/mol. The molecule has 3 atom stereocenters. The van der Waals surface area contributed by atoms with Crippen LogP contribution in [0, 0.1) is 0 Å². The van der Waals surface area contributed by atoms with Gasteiger partial charge in [-0.25, -0.2) is 4.98 Å². The lowest BCUT2D eigenvalue weighted by atomic mass is 10.1. The third-order valence-electron chi connectivity index (χ3n) is 4.78. The highest BCUT2D eigenvalue weighted by Crippen LogP contribution is 2.23. The lowest BCUT2D eigenvalue weighted by Gasteiger charge is -2.41. The molecule has 7 heteroatoms. The van der Waals surface area contributed by atoms with Gasteiger partial charge in [0, 0.05) is 50.4 Å². The first-order chi connectivity index (χ1) is 11.1.